The second kappa shape index (κ2) is 7.55. The van der Waals surface area contributed by atoms with Crippen molar-refractivity contribution in [1.82, 2.24) is 14.5 Å². The Morgan fingerprint density at radius 1 is 0.862 bits per heavy atom. The lowest BCUT2D eigenvalue weighted by molar-refractivity contribution is -0.130. The molecule has 4 aromatic rings. The average Bonchev–Trinajstić information content (AvgIpc) is 3.42. The molecular weight excluding hydrogens is 358 g/mol. The normalized spacial score (nSPS) is 16.6. The minimum Gasteiger partial charge on any atom is -0.340 e. The topological polar surface area (TPSA) is 38.1 Å². The smallest absolute Gasteiger partial charge is 0.234 e. The molecule has 3 aromatic carbocycles. The summed E-state index contributed by atoms with van der Waals surface area (Å²) in [4.78, 5) is 20.2. The molecule has 2 heterocycles. The summed E-state index contributed by atoms with van der Waals surface area (Å²) in [5, 5.41) is 0. The van der Waals surface area contributed by atoms with Gasteiger partial charge in [0.05, 0.1) is 29.3 Å². The van der Waals surface area contributed by atoms with Crippen LogP contribution in [-0.2, 0) is 4.79 Å². The number of benzene rings is 3. The number of aromatic nitrogens is 2. The molecule has 0 aliphatic carbocycles. The van der Waals surface area contributed by atoms with Crippen LogP contribution in [0.1, 0.15) is 29.5 Å². The summed E-state index contributed by atoms with van der Waals surface area (Å²) >= 11 is 0. The van der Waals surface area contributed by atoms with Gasteiger partial charge in [0, 0.05) is 13.1 Å². The summed E-state index contributed by atoms with van der Waals surface area (Å²) in [6.07, 6.45) is 2.86. The van der Waals surface area contributed by atoms with Crippen LogP contribution in [0.3, 0.4) is 0 Å². The Morgan fingerprint density at radius 3 is 2.17 bits per heavy atom. The van der Waals surface area contributed by atoms with Gasteiger partial charge < -0.3 is 9.47 Å². The number of imidazole rings is 1. The van der Waals surface area contributed by atoms with E-state index in [2.05, 4.69) is 15.6 Å². The van der Waals surface area contributed by atoms with Crippen LogP contribution < -0.4 is 0 Å². The Kier molecular flexibility index (Phi) is 4.60. The van der Waals surface area contributed by atoms with E-state index in [9.17, 15) is 4.79 Å². The quantitative estimate of drug-likeness (QED) is 0.516. The first kappa shape index (κ1) is 17.7. The predicted molar refractivity (Wildman–Crippen MR) is 115 cm³/mol. The zero-order valence-electron chi connectivity index (χ0n) is 16.2. The summed E-state index contributed by atoms with van der Waals surface area (Å²) in [5.74, 6) is -0.0926. The SMILES string of the molecule is O=C(C(c1ccccc1)c1ccccc1)N1CCC(n2cnc3ccccc32)C1. The van der Waals surface area contributed by atoms with Gasteiger partial charge in [-0.05, 0) is 29.7 Å². The van der Waals surface area contributed by atoms with E-state index in [0.717, 1.165) is 41.7 Å². The third-order valence-electron chi connectivity index (χ3n) is 5.86. The molecule has 0 N–H and O–H groups in total. The lowest BCUT2D eigenvalue weighted by Crippen LogP contribution is -2.34. The number of para-hydroxylation sites is 2. The molecule has 29 heavy (non-hydrogen) atoms. The van der Waals surface area contributed by atoms with Crippen molar-refractivity contribution in [3.8, 4) is 0 Å². The highest BCUT2D eigenvalue weighted by Gasteiger charge is 2.33. The van der Waals surface area contributed by atoms with Crippen LogP contribution in [0.5, 0.6) is 0 Å². The van der Waals surface area contributed by atoms with Crippen LogP contribution in [0.15, 0.2) is 91.3 Å². The molecule has 1 amide bonds. The van der Waals surface area contributed by atoms with Crippen molar-refractivity contribution in [2.24, 2.45) is 0 Å². The lowest BCUT2D eigenvalue weighted by Gasteiger charge is -2.24. The molecule has 1 fully saturated rings. The number of carbonyl (C=O) groups excluding carboxylic acids is 1. The Morgan fingerprint density at radius 2 is 1.48 bits per heavy atom. The van der Waals surface area contributed by atoms with Gasteiger partial charge in [-0.25, -0.2) is 4.98 Å². The minimum atomic E-state index is -0.268. The van der Waals surface area contributed by atoms with Gasteiger partial charge in [-0.3, -0.25) is 4.79 Å². The van der Waals surface area contributed by atoms with Crippen LogP contribution in [-0.4, -0.2) is 33.4 Å². The van der Waals surface area contributed by atoms with Crippen molar-refractivity contribution in [3.63, 3.8) is 0 Å². The lowest BCUT2D eigenvalue weighted by atomic mass is 9.90. The molecule has 4 nitrogen and oxygen atoms in total. The maximum absolute atomic E-state index is 13.6. The molecule has 0 bridgehead atoms. The van der Waals surface area contributed by atoms with Crippen molar-refractivity contribution >= 4 is 16.9 Å². The van der Waals surface area contributed by atoms with Crippen molar-refractivity contribution in [1.29, 1.82) is 0 Å². The van der Waals surface area contributed by atoms with E-state index < -0.39 is 0 Å². The van der Waals surface area contributed by atoms with Gasteiger partial charge in [0.2, 0.25) is 5.91 Å². The van der Waals surface area contributed by atoms with E-state index in [4.69, 9.17) is 0 Å². The first-order chi connectivity index (χ1) is 14.3. The highest BCUT2D eigenvalue weighted by molar-refractivity contribution is 5.87. The first-order valence-electron chi connectivity index (χ1n) is 10.1. The predicted octanol–water partition coefficient (Wildman–Crippen LogP) is 4.64. The zero-order valence-corrected chi connectivity index (χ0v) is 16.2. The third kappa shape index (κ3) is 3.31. The molecule has 1 unspecified atom stereocenters. The largest absolute Gasteiger partial charge is 0.340 e. The Hall–Kier alpha value is -3.40. The van der Waals surface area contributed by atoms with Gasteiger partial charge in [0.1, 0.15) is 0 Å². The Labute approximate surface area is 170 Å². The van der Waals surface area contributed by atoms with Crippen LogP contribution in [0.25, 0.3) is 11.0 Å². The molecule has 4 heteroatoms. The molecule has 144 valence electrons. The molecule has 1 aromatic heterocycles. The van der Waals surface area contributed by atoms with Crippen LogP contribution >= 0.6 is 0 Å². The highest BCUT2D eigenvalue weighted by Crippen LogP contribution is 2.31. The second-order valence-electron chi connectivity index (χ2n) is 7.62. The Balaban J connectivity index is 1.43. The second-order valence-corrected chi connectivity index (χ2v) is 7.62. The van der Waals surface area contributed by atoms with E-state index in [0.29, 0.717) is 0 Å². The molecule has 0 spiro atoms. The summed E-state index contributed by atoms with van der Waals surface area (Å²) < 4.78 is 2.22. The monoisotopic (exact) mass is 381 g/mol. The van der Waals surface area contributed by atoms with E-state index >= 15 is 0 Å². The van der Waals surface area contributed by atoms with Gasteiger partial charge in [0.15, 0.2) is 0 Å². The maximum atomic E-state index is 13.6. The molecule has 0 saturated carbocycles. The first-order valence-corrected chi connectivity index (χ1v) is 10.1. The summed E-state index contributed by atoms with van der Waals surface area (Å²) in [6, 6.07) is 28.6. The van der Waals surface area contributed by atoms with Crippen molar-refractivity contribution in [2.75, 3.05) is 13.1 Å². The van der Waals surface area contributed by atoms with Crippen LogP contribution in [0.4, 0.5) is 0 Å². The van der Waals surface area contributed by atoms with E-state index in [1.807, 2.05) is 90.1 Å². The number of hydrogen-bond acceptors (Lipinski definition) is 2. The van der Waals surface area contributed by atoms with Crippen LogP contribution in [0, 0.1) is 0 Å². The van der Waals surface area contributed by atoms with E-state index in [1.54, 1.807) is 0 Å². The Bertz CT molecular complexity index is 1080. The number of carbonyl (C=O) groups is 1. The standard InChI is InChI=1S/C25H23N3O/c29-25(24(19-9-3-1-4-10-19)20-11-5-2-6-12-20)27-16-15-21(17-27)28-18-26-22-13-7-8-14-23(22)28/h1-14,18,21,24H,15-17H2. The van der Waals surface area contributed by atoms with Gasteiger partial charge in [-0.1, -0.05) is 72.8 Å². The summed E-state index contributed by atoms with van der Waals surface area (Å²) in [5.41, 5.74) is 4.22. The number of nitrogens with zero attached hydrogens (tertiary/aromatic N) is 3. The van der Waals surface area contributed by atoms with Gasteiger partial charge >= 0.3 is 0 Å². The van der Waals surface area contributed by atoms with E-state index in [-0.39, 0.29) is 17.9 Å². The fraction of sp³-hybridized carbons (Fsp3) is 0.200. The zero-order chi connectivity index (χ0) is 19.6. The molecule has 0 radical (unpaired) electrons. The molecular formula is C25H23N3O. The number of hydrogen-bond donors (Lipinski definition) is 0. The molecule has 1 atom stereocenters. The van der Waals surface area contributed by atoms with Gasteiger partial charge in [0.25, 0.3) is 0 Å². The fourth-order valence-electron chi connectivity index (χ4n) is 4.39. The van der Waals surface area contributed by atoms with Crippen molar-refractivity contribution in [3.05, 3.63) is 102 Å². The minimum absolute atomic E-state index is 0.175. The average molecular weight is 381 g/mol. The third-order valence-corrected chi connectivity index (χ3v) is 5.86. The fourth-order valence-corrected chi connectivity index (χ4v) is 4.39. The number of amides is 1. The number of fused-ring (bicyclic) bond motifs is 1. The maximum Gasteiger partial charge on any atom is 0.234 e. The van der Waals surface area contributed by atoms with Crippen LogP contribution in [0.2, 0.25) is 0 Å². The summed E-state index contributed by atoms with van der Waals surface area (Å²) in [7, 11) is 0. The van der Waals surface area contributed by atoms with E-state index in [1.165, 1.54) is 0 Å². The highest BCUT2D eigenvalue weighted by atomic mass is 16.2. The molecule has 1 saturated heterocycles. The number of rotatable bonds is 4. The van der Waals surface area contributed by atoms with Gasteiger partial charge in [-0.2, -0.15) is 0 Å². The molecule has 1 aliphatic rings. The van der Waals surface area contributed by atoms with Gasteiger partial charge in [-0.15, -0.1) is 0 Å². The van der Waals surface area contributed by atoms with Crippen molar-refractivity contribution < 1.29 is 4.79 Å². The summed E-state index contributed by atoms with van der Waals surface area (Å²) in [6.45, 7) is 1.49. The number of likely N-dealkylation sites (tertiary alicyclic amines) is 1. The molecule has 1 aliphatic heterocycles. The van der Waals surface area contributed by atoms with Crippen molar-refractivity contribution in [2.45, 2.75) is 18.4 Å². The molecule has 5 rings (SSSR count).